The number of carbonyl (C=O) groups is 1. The summed E-state index contributed by atoms with van der Waals surface area (Å²) in [4.78, 5) is 20.8. The zero-order valence-electron chi connectivity index (χ0n) is 13.9. The molecule has 1 amide bonds. The van der Waals surface area contributed by atoms with Gasteiger partial charge >= 0.3 is 0 Å². The molecule has 1 aromatic rings. The molecule has 22 heavy (non-hydrogen) atoms. The minimum atomic E-state index is -0.197. The normalized spacial score (nSPS) is 22.1. The van der Waals surface area contributed by atoms with Gasteiger partial charge in [-0.3, -0.25) is 9.78 Å². The quantitative estimate of drug-likeness (QED) is 0.885. The standard InChI is InChI=1S/C17H27N3O2/c1-14-5-7-18-15(9-14)10-16(22)20-8-4-6-17(12-20,13-21)11-19(2)3/h5,7,9,21H,4,6,8,10-13H2,1-3H3. The van der Waals surface area contributed by atoms with Gasteiger partial charge in [0.25, 0.3) is 0 Å². The number of aryl methyl sites for hydroxylation is 1. The topological polar surface area (TPSA) is 56.7 Å². The third-order valence-corrected chi connectivity index (χ3v) is 4.31. The van der Waals surface area contributed by atoms with Crippen LogP contribution in [-0.2, 0) is 11.2 Å². The number of pyridine rings is 1. The molecule has 5 nitrogen and oxygen atoms in total. The van der Waals surface area contributed by atoms with Gasteiger partial charge < -0.3 is 14.9 Å². The Morgan fingerprint density at radius 2 is 2.27 bits per heavy atom. The number of aliphatic hydroxyl groups is 1. The van der Waals surface area contributed by atoms with Crippen molar-refractivity contribution in [3.63, 3.8) is 0 Å². The molecule has 1 atom stereocenters. The minimum absolute atomic E-state index is 0.106. The molecule has 0 saturated carbocycles. The first kappa shape index (κ1) is 16.9. The highest BCUT2D eigenvalue weighted by Gasteiger charge is 2.37. The minimum Gasteiger partial charge on any atom is -0.396 e. The van der Waals surface area contributed by atoms with Crippen LogP contribution in [0.2, 0.25) is 0 Å². The van der Waals surface area contributed by atoms with E-state index in [1.165, 1.54) is 0 Å². The second kappa shape index (κ2) is 7.20. The molecule has 1 N–H and O–H groups in total. The number of aromatic nitrogens is 1. The van der Waals surface area contributed by atoms with E-state index in [9.17, 15) is 9.90 Å². The lowest BCUT2D eigenvalue weighted by Gasteiger charge is -2.43. The van der Waals surface area contributed by atoms with Gasteiger partial charge in [0.2, 0.25) is 5.91 Å². The molecule has 2 rings (SSSR count). The number of rotatable bonds is 5. The Morgan fingerprint density at radius 1 is 1.50 bits per heavy atom. The van der Waals surface area contributed by atoms with Crippen LogP contribution in [0.25, 0.3) is 0 Å². The van der Waals surface area contributed by atoms with Crippen LogP contribution in [0.15, 0.2) is 18.3 Å². The molecular formula is C17H27N3O2. The van der Waals surface area contributed by atoms with Gasteiger partial charge in [-0.15, -0.1) is 0 Å². The summed E-state index contributed by atoms with van der Waals surface area (Å²) in [5, 5.41) is 9.84. The van der Waals surface area contributed by atoms with E-state index in [4.69, 9.17) is 0 Å². The van der Waals surface area contributed by atoms with Crippen molar-refractivity contribution in [3.05, 3.63) is 29.6 Å². The van der Waals surface area contributed by atoms with Crippen LogP contribution < -0.4 is 0 Å². The van der Waals surface area contributed by atoms with Gasteiger partial charge in [-0.05, 0) is 51.6 Å². The molecule has 0 spiro atoms. The summed E-state index contributed by atoms with van der Waals surface area (Å²) < 4.78 is 0. The molecule has 1 aromatic heterocycles. The SMILES string of the molecule is Cc1ccnc(CC(=O)N2CCCC(CO)(CN(C)C)C2)c1. The Balaban J connectivity index is 2.03. The Labute approximate surface area is 132 Å². The van der Waals surface area contributed by atoms with Gasteiger partial charge in [0, 0.05) is 36.9 Å². The monoisotopic (exact) mass is 305 g/mol. The van der Waals surface area contributed by atoms with Crippen LogP contribution in [0.3, 0.4) is 0 Å². The van der Waals surface area contributed by atoms with Crippen LogP contribution in [0, 0.1) is 12.3 Å². The predicted molar refractivity (Wildman–Crippen MR) is 86.6 cm³/mol. The maximum absolute atomic E-state index is 12.6. The summed E-state index contributed by atoms with van der Waals surface area (Å²) >= 11 is 0. The van der Waals surface area contributed by atoms with E-state index in [2.05, 4.69) is 9.88 Å². The number of hydrogen-bond acceptors (Lipinski definition) is 4. The lowest BCUT2D eigenvalue weighted by Crippen LogP contribution is -2.52. The summed E-state index contributed by atoms with van der Waals surface area (Å²) in [5.41, 5.74) is 1.74. The molecule has 2 heterocycles. The number of piperidine rings is 1. The fourth-order valence-electron chi connectivity index (χ4n) is 3.36. The third kappa shape index (κ3) is 4.27. The molecule has 122 valence electrons. The highest BCUT2D eigenvalue weighted by molar-refractivity contribution is 5.78. The second-order valence-electron chi connectivity index (χ2n) is 6.82. The molecular weight excluding hydrogens is 278 g/mol. The van der Waals surface area contributed by atoms with Gasteiger partial charge in [0.1, 0.15) is 0 Å². The zero-order chi connectivity index (χ0) is 16.2. The van der Waals surface area contributed by atoms with Crippen molar-refractivity contribution in [1.82, 2.24) is 14.8 Å². The highest BCUT2D eigenvalue weighted by Crippen LogP contribution is 2.30. The molecule has 0 aromatic carbocycles. The Bertz CT molecular complexity index is 518. The summed E-state index contributed by atoms with van der Waals surface area (Å²) in [6, 6.07) is 3.89. The second-order valence-corrected chi connectivity index (χ2v) is 6.82. The Kier molecular flexibility index (Phi) is 5.53. The van der Waals surface area contributed by atoms with E-state index in [0.717, 1.165) is 37.2 Å². The molecule has 1 saturated heterocycles. The van der Waals surface area contributed by atoms with Crippen LogP contribution >= 0.6 is 0 Å². The Morgan fingerprint density at radius 3 is 2.91 bits per heavy atom. The van der Waals surface area contributed by atoms with Gasteiger partial charge in [0.15, 0.2) is 0 Å². The maximum Gasteiger partial charge on any atom is 0.228 e. The third-order valence-electron chi connectivity index (χ3n) is 4.31. The number of amides is 1. The van der Waals surface area contributed by atoms with E-state index in [-0.39, 0.29) is 17.9 Å². The lowest BCUT2D eigenvalue weighted by molar-refractivity contribution is -0.135. The first-order chi connectivity index (χ1) is 10.4. The van der Waals surface area contributed by atoms with Gasteiger partial charge in [-0.25, -0.2) is 0 Å². The fraction of sp³-hybridized carbons (Fsp3) is 0.647. The smallest absolute Gasteiger partial charge is 0.228 e. The first-order valence-electron chi connectivity index (χ1n) is 7.89. The van der Waals surface area contributed by atoms with Crippen LogP contribution in [0.5, 0.6) is 0 Å². The molecule has 1 aliphatic heterocycles. The number of likely N-dealkylation sites (tertiary alicyclic amines) is 1. The highest BCUT2D eigenvalue weighted by atomic mass is 16.3. The molecule has 0 aliphatic carbocycles. The van der Waals surface area contributed by atoms with Gasteiger partial charge in [0.05, 0.1) is 13.0 Å². The average molecular weight is 305 g/mol. The molecule has 0 radical (unpaired) electrons. The van der Waals surface area contributed by atoms with Crippen molar-refractivity contribution >= 4 is 5.91 Å². The first-order valence-corrected chi connectivity index (χ1v) is 7.89. The molecule has 5 heteroatoms. The number of hydrogen-bond donors (Lipinski definition) is 1. The van der Waals surface area contributed by atoms with Gasteiger partial charge in [-0.1, -0.05) is 0 Å². The van der Waals surface area contributed by atoms with E-state index in [1.807, 2.05) is 38.1 Å². The largest absolute Gasteiger partial charge is 0.396 e. The van der Waals surface area contributed by atoms with Crippen molar-refractivity contribution in [3.8, 4) is 0 Å². The summed E-state index contributed by atoms with van der Waals surface area (Å²) in [6.07, 6.45) is 4.00. The van der Waals surface area contributed by atoms with Crippen molar-refractivity contribution in [1.29, 1.82) is 0 Å². The van der Waals surface area contributed by atoms with Crippen molar-refractivity contribution in [2.75, 3.05) is 40.3 Å². The van der Waals surface area contributed by atoms with Gasteiger partial charge in [-0.2, -0.15) is 0 Å². The fourth-order valence-corrected chi connectivity index (χ4v) is 3.36. The van der Waals surface area contributed by atoms with Crippen LogP contribution in [-0.4, -0.2) is 66.1 Å². The molecule has 1 fully saturated rings. The molecule has 0 bridgehead atoms. The summed E-state index contributed by atoms with van der Waals surface area (Å²) in [6.45, 7) is 4.34. The van der Waals surface area contributed by atoms with Crippen molar-refractivity contribution in [2.24, 2.45) is 5.41 Å². The molecule has 1 aliphatic rings. The van der Waals surface area contributed by atoms with Crippen molar-refractivity contribution < 1.29 is 9.90 Å². The number of nitrogens with zero attached hydrogens (tertiary/aromatic N) is 3. The van der Waals surface area contributed by atoms with Crippen molar-refractivity contribution in [2.45, 2.75) is 26.2 Å². The summed E-state index contributed by atoms with van der Waals surface area (Å²) in [7, 11) is 4.02. The van der Waals surface area contributed by atoms with Crippen LogP contribution in [0.1, 0.15) is 24.1 Å². The maximum atomic E-state index is 12.6. The molecule has 1 unspecified atom stereocenters. The predicted octanol–water partition coefficient (Wildman–Crippen LogP) is 1.10. The summed E-state index contributed by atoms with van der Waals surface area (Å²) in [5.74, 6) is 0.106. The van der Waals surface area contributed by atoms with Crippen LogP contribution in [0.4, 0.5) is 0 Å². The number of aliphatic hydroxyl groups excluding tert-OH is 1. The van der Waals surface area contributed by atoms with E-state index in [1.54, 1.807) is 6.20 Å². The van der Waals surface area contributed by atoms with E-state index >= 15 is 0 Å². The van der Waals surface area contributed by atoms with E-state index < -0.39 is 0 Å². The number of carbonyl (C=O) groups excluding carboxylic acids is 1. The Hall–Kier alpha value is -1.46. The zero-order valence-corrected chi connectivity index (χ0v) is 13.9. The average Bonchev–Trinajstić information content (AvgIpc) is 2.46. The lowest BCUT2D eigenvalue weighted by atomic mass is 9.80. The van der Waals surface area contributed by atoms with E-state index in [0.29, 0.717) is 13.0 Å².